The summed E-state index contributed by atoms with van der Waals surface area (Å²) in [4.78, 5) is 44.1. The van der Waals surface area contributed by atoms with Crippen molar-refractivity contribution >= 4 is 34.4 Å². The molecule has 0 saturated carbocycles. The van der Waals surface area contributed by atoms with Crippen LogP contribution in [0.2, 0.25) is 0 Å². The molecule has 1 saturated heterocycles. The van der Waals surface area contributed by atoms with Crippen molar-refractivity contribution in [2.75, 3.05) is 20.2 Å². The van der Waals surface area contributed by atoms with Gasteiger partial charge in [-0.3, -0.25) is 15.0 Å². The minimum absolute atomic E-state index is 0.0306. The highest BCUT2D eigenvalue weighted by molar-refractivity contribution is 5.96. The van der Waals surface area contributed by atoms with Crippen LogP contribution >= 0.6 is 0 Å². The molecule has 9 heteroatoms. The molecule has 1 aromatic heterocycles. The van der Waals surface area contributed by atoms with E-state index < -0.39 is 29.9 Å². The molecule has 4 heterocycles. The number of ether oxygens (including phenoxy) is 2. The second-order valence-electron chi connectivity index (χ2n) is 7.49. The molecule has 5 rings (SSSR count). The van der Waals surface area contributed by atoms with E-state index in [9.17, 15) is 14.4 Å². The Balaban J connectivity index is 0.00000119. The van der Waals surface area contributed by atoms with Crippen LogP contribution in [0.15, 0.2) is 36.4 Å². The summed E-state index contributed by atoms with van der Waals surface area (Å²) in [7, 11) is 1.62. The van der Waals surface area contributed by atoms with Crippen molar-refractivity contribution in [2.24, 2.45) is 11.8 Å². The number of fused-ring (bicyclic) bond motifs is 5. The molecule has 2 aromatic rings. The minimum atomic E-state index is -1.17. The first-order chi connectivity index (χ1) is 15.6. The van der Waals surface area contributed by atoms with Crippen molar-refractivity contribution < 1.29 is 23.9 Å². The van der Waals surface area contributed by atoms with Gasteiger partial charge in [0.05, 0.1) is 29.4 Å². The van der Waals surface area contributed by atoms with Gasteiger partial charge in [-0.2, -0.15) is 0 Å². The van der Waals surface area contributed by atoms with Crippen LogP contribution in [0.5, 0.6) is 0 Å². The molecular formula is C23H26N4O5. The summed E-state index contributed by atoms with van der Waals surface area (Å²) in [6.45, 7) is 4.27. The van der Waals surface area contributed by atoms with E-state index in [2.05, 4.69) is 10.9 Å². The molecule has 0 aliphatic carbocycles. The number of hydrogen-bond donors (Lipinski definition) is 2. The lowest BCUT2D eigenvalue weighted by molar-refractivity contribution is -0.183. The molecule has 9 nitrogen and oxygen atoms in total. The first kappa shape index (κ1) is 21.9. The van der Waals surface area contributed by atoms with Crippen LogP contribution in [0, 0.1) is 11.8 Å². The van der Waals surface area contributed by atoms with Gasteiger partial charge in [0, 0.05) is 16.9 Å². The van der Waals surface area contributed by atoms with E-state index in [-0.39, 0.29) is 19.1 Å². The smallest absolute Gasteiger partial charge is 0.348 e. The summed E-state index contributed by atoms with van der Waals surface area (Å²) < 4.78 is 10.6. The quantitative estimate of drug-likeness (QED) is 0.544. The zero-order chi connectivity index (χ0) is 22.8. The Morgan fingerprint density at radius 3 is 2.84 bits per heavy atom. The maximum absolute atomic E-state index is 13.2. The summed E-state index contributed by atoms with van der Waals surface area (Å²) in [6, 6.07) is 9.80. The van der Waals surface area contributed by atoms with Crippen LogP contribution in [-0.4, -0.2) is 54.0 Å². The van der Waals surface area contributed by atoms with E-state index in [1.807, 2.05) is 50.3 Å². The minimum Gasteiger partial charge on any atom is -0.462 e. The summed E-state index contributed by atoms with van der Waals surface area (Å²) in [5.74, 6) is -2.59. The molecule has 0 radical (unpaired) electrons. The van der Waals surface area contributed by atoms with Gasteiger partial charge in [-0.05, 0) is 19.2 Å². The third-order valence-electron chi connectivity index (χ3n) is 5.72. The number of nitrogens with zero attached hydrogens (tertiary/aromatic N) is 2. The van der Waals surface area contributed by atoms with E-state index in [0.717, 1.165) is 22.2 Å². The zero-order valence-corrected chi connectivity index (χ0v) is 18.3. The SMILES string of the molecule is CC.CNNCC(=O)OC1C(=O)OCC2C(=O)N3Cc4cc5ccccc5nc4C3=CC21. The molecule has 3 aliphatic rings. The number of para-hydroxylation sites is 1. The molecule has 32 heavy (non-hydrogen) atoms. The van der Waals surface area contributed by atoms with Gasteiger partial charge < -0.3 is 14.4 Å². The van der Waals surface area contributed by atoms with Crippen molar-refractivity contribution in [2.45, 2.75) is 26.5 Å². The average Bonchev–Trinajstić information content (AvgIpc) is 3.17. The number of nitrogens with one attached hydrogen (secondary N) is 2. The Morgan fingerprint density at radius 2 is 2.06 bits per heavy atom. The number of carbonyl (C=O) groups excluding carboxylic acids is 3. The normalized spacial score (nSPS) is 23.3. The third-order valence-corrected chi connectivity index (χ3v) is 5.72. The van der Waals surface area contributed by atoms with Crippen LogP contribution in [0.25, 0.3) is 16.6 Å². The summed E-state index contributed by atoms with van der Waals surface area (Å²) >= 11 is 0. The van der Waals surface area contributed by atoms with E-state index in [4.69, 9.17) is 14.5 Å². The Morgan fingerprint density at radius 1 is 1.28 bits per heavy atom. The van der Waals surface area contributed by atoms with Gasteiger partial charge in [0.25, 0.3) is 0 Å². The Kier molecular flexibility index (Phi) is 6.20. The van der Waals surface area contributed by atoms with Gasteiger partial charge in [-0.25, -0.2) is 15.2 Å². The van der Waals surface area contributed by atoms with Crippen molar-refractivity contribution in [1.29, 1.82) is 0 Å². The van der Waals surface area contributed by atoms with Gasteiger partial charge in [0.1, 0.15) is 13.2 Å². The highest BCUT2D eigenvalue weighted by Gasteiger charge is 2.51. The molecule has 1 aromatic carbocycles. The molecule has 2 N–H and O–H groups in total. The first-order valence-electron chi connectivity index (χ1n) is 10.7. The average molecular weight is 438 g/mol. The predicted molar refractivity (Wildman–Crippen MR) is 116 cm³/mol. The molecule has 3 unspecified atom stereocenters. The van der Waals surface area contributed by atoms with E-state index in [1.165, 1.54) is 0 Å². The lowest BCUT2D eigenvalue weighted by atomic mass is 9.81. The van der Waals surface area contributed by atoms with Gasteiger partial charge in [-0.15, -0.1) is 0 Å². The number of benzene rings is 1. The summed E-state index contributed by atoms with van der Waals surface area (Å²) in [5, 5.41) is 1.00. The highest BCUT2D eigenvalue weighted by atomic mass is 16.6. The third kappa shape index (κ3) is 3.74. The molecule has 3 atom stereocenters. The number of carbonyl (C=O) groups is 3. The largest absolute Gasteiger partial charge is 0.462 e. The molecule has 1 fully saturated rings. The number of rotatable bonds is 4. The van der Waals surface area contributed by atoms with Crippen LogP contribution in [0.3, 0.4) is 0 Å². The summed E-state index contributed by atoms with van der Waals surface area (Å²) in [5.41, 5.74) is 8.40. The van der Waals surface area contributed by atoms with Gasteiger partial charge >= 0.3 is 11.9 Å². The molecule has 3 aliphatic heterocycles. The number of aromatic nitrogens is 1. The Bertz CT molecular complexity index is 1100. The van der Waals surface area contributed by atoms with E-state index in [1.54, 1.807) is 11.9 Å². The first-order valence-corrected chi connectivity index (χ1v) is 10.7. The number of amides is 1. The standard InChI is InChI=1S/C21H20N4O5.C2H6/c1-22-23-8-17(26)30-19-13-7-16-18-12(6-11-4-2-3-5-15(11)24-18)9-25(16)20(27)14(13)10-29-21(19)28;1-2/h2-7,13-14,19,22-23H,8-10H2,1H3;1-2H3. The number of pyridine rings is 1. The molecule has 0 bridgehead atoms. The second kappa shape index (κ2) is 9.05. The number of cyclic esters (lactones) is 1. The Labute approximate surface area is 185 Å². The summed E-state index contributed by atoms with van der Waals surface area (Å²) in [6.07, 6.45) is 0.668. The fourth-order valence-electron chi connectivity index (χ4n) is 4.28. The monoisotopic (exact) mass is 438 g/mol. The predicted octanol–water partition coefficient (Wildman–Crippen LogP) is 1.38. The van der Waals surface area contributed by atoms with Crippen LogP contribution in [-0.2, 0) is 30.4 Å². The fourth-order valence-corrected chi connectivity index (χ4v) is 4.28. The van der Waals surface area contributed by atoms with Crippen LogP contribution in [0.1, 0.15) is 25.1 Å². The van der Waals surface area contributed by atoms with Crippen molar-refractivity contribution in [3.8, 4) is 0 Å². The molecule has 0 spiro atoms. The molecule has 1 amide bonds. The lowest BCUT2D eigenvalue weighted by Gasteiger charge is -2.39. The lowest BCUT2D eigenvalue weighted by Crippen LogP contribution is -2.53. The van der Waals surface area contributed by atoms with Gasteiger partial charge in [-0.1, -0.05) is 38.1 Å². The Hall–Kier alpha value is -3.30. The maximum Gasteiger partial charge on any atom is 0.348 e. The van der Waals surface area contributed by atoms with Crippen LogP contribution in [0.4, 0.5) is 0 Å². The van der Waals surface area contributed by atoms with Crippen molar-refractivity contribution in [3.05, 3.63) is 47.7 Å². The highest BCUT2D eigenvalue weighted by Crippen LogP contribution is 2.43. The van der Waals surface area contributed by atoms with Crippen molar-refractivity contribution in [1.82, 2.24) is 20.7 Å². The number of hydrogen-bond acceptors (Lipinski definition) is 8. The molecular weight excluding hydrogens is 412 g/mol. The van der Waals surface area contributed by atoms with Crippen LogP contribution < -0.4 is 10.9 Å². The molecule has 168 valence electrons. The fraction of sp³-hybridized carbons (Fsp3) is 0.391. The maximum atomic E-state index is 13.2. The van der Waals surface area contributed by atoms with E-state index >= 15 is 0 Å². The van der Waals surface area contributed by atoms with E-state index in [0.29, 0.717) is 12.2 Å². The topological polar surface area (TPSA) is 110 Å². The van der Waals surface area contributed by atoms with Crippen molar-refractivity contribution in [3.63, 3.8) is 0 Å². The van der Waals surface area contributed by atoms with Gasteiger partial charge in [0.2, 0.25) is 12.0 Å². The number of esters is 2. The second-order valence-corrected chi connectivity index (χ2v) is 7.49. The number of hydrazine groups is 1. The zero-order valence-electron chi connectivity index (χ0n) is 18.3. The van der Waals surface area contributed by atoms with Gasteiger partial charge in [0.15, 0.2) is 0 Å².